The first-order chi connectivity index (χ1) is 9.00. The van der Waals surface area contributed by atoms with Gasteiger partial charge >= 0.3 is 5.97 Å². The van der Waals surface area contributed by atoms with Crippen molar-refractivity contribution in [2.45, 2.75) is 0 Å². The third-order valence-electron chi connectivity index (χ3n) is 2.30. The number of hydrogen-bond acceptors (Lipinski definition) is 3. The van der Waals surface area contributed by atoms with Crippen LogP contribution < -0.4 is 5.32 Å². The Morgan fingerprint density at radius 3 is 2.63 bits per heavy atom. The zero-order chi connectivity index (χ0) is 14.0. The van der Waals surface area contributed by atoms with Crippen LogP contribution in [-0.4, -0.2) is 17.0 Å². The van der Waals surface area contributed by atoms with Crippen molar-refractivity contribution in [1.29, 1.82) is 0 Å². The van der Waals surface area contributed by atoms with Crippen LogP contribution in [0.5, 0.6) is 0 Å². The SMILES string of the molecule is O=C(Nc1ccsc1C(=O)O)c1cccc(Cl)c1Cl. The lowest BCUT2D eigenvalue weighted by Crippen LogP contribution is -2.14. The molecule has 0 aliphatic carbocycles. The molecule has 2 aromatic rings. The Morgan fingerprint density at radius 2 is 1.95 bits per heavy atom. The molecular weight excluding hydrogens is 309 g/mol. The molecule has 2 rings (SSSR count). The largest absolute Gasteiger partial charge is 0.477 e. The van der Waals surface area contributed by atoms with Crippen LogP contribution in [0.3, 0.4) is 0 Å². The number of hydrogen-bond donors (Lipinski definition) is 2. The third kappa shape index (κ3) is 2.89. The molecule has 0 atom stereocenters. The van der Waals surface area contributed by atoms with Crippen LogP contribution >= 0.6 is 34.5 Å². The van der Waals surface area contributed by atoms with Crippen molar-refractivity contribution in [2.75, 3.05) is 5.32 Å². The summed E-state index contributed by atoms with van der Waals surface area (Å²) in [6.07, 6.45) is 0. The standard InChI is InChI=1S/C12H7Cl2NO3S/c13-7-3-1-2-6(9(7)14)11(16)15-8-4-5-19-10(8)12(17)18/h1-5H,(H,15,16)(H,17,18). The topological polar surface area (TPSA) is 66.4 Å². The first-order valence-corrected chi connectivity index (χ1v) is 6.70. The van der Waals surface area contributed by atoms with Crippen molar-refractivity contribution in [3.05, 3.63) is 50.1 Å². The van der Waals surface area contributed by atoms with Gasteiger partial charge in [0.25, 0.3) is 5.91 Å². The molecule has 0 aliphatic heterocycles. The van der Waals surface area contributed by atoms with E-state index in [1.807, 2.05) is 0 Å². The minimum atomic E-state index is -1.09. The summed E-state index contributed by atoms with van der Waals surface area (Å²) in [6.45, 7) is 0. The molecular formula is C12H7Cl2NO3S. The van der Waals surface area contributed by atoms with Crippen LogP contribution in [0.4, 0.5) is 5.69 Å². The van der Waals surface area contributed by atoms with Crippen molar-refractivity contribution in [2.24, 2.45) is 0 Å². The Labute approximate surface area is 122 Å². The normalized spacial score (nSPS) is 10.2. The van der Waals surface area contributed by atoms with Crippen LogP contribution in [-0.2, 0) is 0 Å². The number of nitrogens with one attached hydrogen (secondary N) is 1. The number of rotatable bonds is 3. The number of halogens is 2. The van der Waals surface area contributed by atoms with Gasteiger partial charge in [0.15, 0.2) is 0 Å². The lowest BCUT2D eigenvalue weighted by Gasteiger charge is -2.07. The Kier molecular flexibility index (Phi) is 4.09. The van der Waals surface area contributed by atoms with Gasteiger partial charge in [-0.25, -0.2) is 4.79 Å². The van der Waals surface area contributed by atoms with Crippen LogP contribution in [0.2, 0.25) is 10.0 Å². The molecule has 0 aliphatic rings. The minimum absolute atomic E-state index is 0.0616. The van der Waals surface area contributed by atoms with Gasteiger partial charge in [0.05, 0.1) is 21.3 Å². The lowest BCUT2D eigenvalue weighted by atomic mass is 10.2. The summed E-state index contributed by atoms with van der Waals surface area (Å²) in [5, 5.41) is 13.4. The molecule has 0 spiro atoms. The number of carboxylic acids is 1. The van der Waals surface area contributed by atoms with Crippen LogP contribution in [0.1, 0.15) is 20.0 Å². The van der Waals surface area contributed by atoms with E-state index in [4.69, 9.17) is 28.3 Å². The predicted octanol–water partition coefficient (Wildman–Crippen LogP) is 4.01. The van der Waals surface area contributed by atoms with Gasteiger partial charge in [-0.2, -0.15) is 0 Å². The molecule has 0 saturated heterocycles. The molecule has 1 aromatic heterocycles. The van der Waals surface area contributed by atoms with E-state index >= 15 is 0 Å². The number of amides is 1. The van der Waals surface area contributed by atoms with E-state index in [1.54, 1.807) is 17.5 Å². The van der Waals surface area contributed by atoms with Crippen LogP contribution in [0.25, 0.3) is 0 Å². The zero-order valence-electron chi connectivity index (χ0n) is 9.31. The summed E-state index contributed by atoms with van der Waals surface area (Å²) in [7, 11) is 0. The Bertz CT molecular complexity index is 654. The Hall–Kier alpha value is -1.56. The summed E-state index contributed by atoms with van der Waals surface area (Å²) in [4.78, 5) is 23.0. The second-order valence-electron chi connectivity index (χ2n) is 3.52. The van der Waals surface area contributed by atoms with Crippen molar-refractivity contribution >= 4 is 52.1 Å². The fourth-order valence-corrected chi connectivity index (χ4v) is 2.52. The predicted molar refractivity (Wildman–Crippen MR) is 75.7 cm³/mol. The number of carbonyl (C=O) groups excluding carboxylic acids is 1. The summed E-state index contributed by atoms with van der Waals surface area (Å²) < 4.78 is 0. The van der Waals surface area contributed by atoms with E-state index in [9.17, 15) is 9.59 Å². The summed E-state index contributed by atoms with van der Waals surface area (Å²) in [6, 6.07) is 6.18. The molecule has 4 nitrogen and oxygen atoms in total. The number of thiophene rings is 1. The molecule has 0 bridgehead atoms. The molecule has 2 N–H and O–H groups in total. The smallest absolute Gasteiger partial charge is 0.348 e. The highest BCUT2D eigenvalue weighted by molar-refractivity contribution is 7.12. The summed E-state index contributed by atoms with van der Waals surface area (Å²) in [5.74, 6) is -1.60. The average Bonchev–Trinajstić information content (AvgIpc) is 2.80. The van der Waals surface area contributed by atoms with E-state index in [-0.39, 0.29) is 26.2 Å². The monoisotopic (exact) mass is 315 g/mol. The van der Waals surface area contributed by atoms with Gasteiger partial charge in [-0.05, 0) is 23.6 Å². The van der Waals surface area contributed by atoms with E-state index < -0.39 is 11.9 Å². The van der Waals surface area contributed by atoms with Gasteiger partial charge in [0.2, 0.25) is 0 Å². The highest BCUT2D eigenvalue weighted by atomic mass is 35.5. The van der Waals surface area contributed by atoms with Gasteiger partial charge in [0.1, 0.15) is 4.88 Å². The van der Waals surface area contributed by atoms with Crippen molar-refractivity contribution < 1.29 is 14.7 Å². The lowest BCUT2D eigenvalue weighted by molar-refractivity contribution is 0.0703. The van der Waals surface area contributed by atoms with E-state index in [0.29, 0.717) is 0 Å². The molecule has 0 radical (unpaired) electrons. The number of carbonyl (C=O) groups is 2. The first kappa shape index (κ1) is 13.9. The first-order valence-electron chi connectivity index (χ1n) is 5.07. The highest BCUT2D eigenvalue weighted by Crippen LogP contribution is 2.27. The molecule has 7 heteroatoms. The van der Waals surface area contributed by atoms with Crippen molar-refractivity contribution in [3.8, 4) is 0 Å². The fourth-order valence-electron chi connectivity index (χ4n) is 1.44. The molecule has 0 fully saturated rings. The summed E-state index contributed by atoms with van der Waals surface area (Å²) in [5.41, 5.74) is 0.426. The van der Waals surface area contributed by atoms with Crippen molar-refractivity contribution in [1.82, 2.24) is 0 Å². The molecule has 1 heterocycles. The highest BCUT2D eigenvalue weighted by Gasteiger charge is 2.17. The van der Waals surface area contributed by atoms with Gasteiger partial charge in [-0.3, -0.25) is 4.79 Å². The van der Waals surface area contributed by atoms with E-state index in [2.05, 4.69) is 5.32 Å². The second-order valence-corrected chi connectivity index (χ2v) is 5.23. The van der Waals surface area contributed by atoms with Gasteiger partial charge in [-0.15, -0.1) is 11.3 Å². The van der Waals surface area contributed by atoms with Crippen molar-refractivity contribution in [3.63, 3.8) is 0 Å². The Morgan fingerprint density at radius 1 is 1.21 bits per heavy atom. The third-order valence-corrected chi connectivity index (χ3v) is 4.03. The maximum Gasteiger partial charge on any atom is 0.348 e. The Balaban J connectivity index is 2.29. The van der Waals surface area contributed by atoms with Gasteiger partial charge < -0.3 is 10.4 Å². The molecule has 1 amide bonds. The van der Waals surface area contributed by atoms with E-state index in [1.165, 1.54) is 12.1 Å². The van der Waals surface area contributed by atoms with Crippen LogP contribution in [0, 0.1) is 0 Å². The maximum absolute atomic E-state index is 12.0. The van der Waals surface area contributed by atoms with Gasteiger partial charge in [-0.1, -0.05) is 29.3 Å². The zero-order valence-corrected chi connectivity index (χ0v) is 11.6. The molecule has 1 aromatic carbocycles. The summed E-state index contributed by atoms with van der Waals surface area (Å²) >= 11 is 12.8. The number of aromatic carboxylic acids is 1. The minimum Gasteiger partial charge on any atom is -0.477 e. The van der Waals surface area contributed by atoms with Crippen LogP contribution in [0.15, 0.2) is 29.6 Å². The molecule has 19 heavy (non-hydrogen) atoms. The number of anilines is 1. The van der Waals surface area contributed by atoms with E-state index in [0.717, 1.165) is 11.3 Å². The molecule has 98 valence electrons. The number of benzene rings is 1. The quantitative estimate of drug-likeness (QED) is 0.899. The number of carboxylic acid groups (broad SMARTS) is 1. The average molecular weight is 316 g/mol. The maximum atomic E-state index is 12.0. The molecule has 0 saturated carbocycles. The second kappa shape index (κ2) is 5.61. The van der Waals surface area contributed by atoms with Gasteiger partial charge in [0, 0.05) is 0 Å². The molecule has 0 unspecified atom stereocenters. The fraction of sp³-hybridized carbons (Fsp3) is 0.